The van der Waals surface area contributed by atoms with Crippen molar-refractivity contribution < 1.29 is 21.6 Å². The first-order valence-electron chi connectivity index (χ1n) is 4.75. The number of nitrogens with one attached hydrogen (secondary N) is 1. The Labute approximate surface area is 102 Å². The molecule has 0 aliphatic heterocycles. The zero-order valence-electron chi connectivity index (χ0n) is 9.19. The lowest BCUT2D eigenvalue weighted by molar-refractivity contribution is -0.137. The van der Waals surface area contributed by atoms with Crippen LogP contribution < -0.4 is 4.72 Å². The van der Waals surface area contributed by atoms with Crippen LogP contribution >= 0.6 is 0 Å². The minimum Gasteiger partial charge on any atom is -0.282 e. The largest absolute Gasteiger partial charge is 0.416 e. The maximum absolute atomic E-state index is 12.4. The summed E-state index contributed by atoms with van der Waals surface area (Å²) in [6.45, 7) is 1.13. The number of anilines is 1. The van der Waals surface area contributed by atoms with Crippen molar-refractivity contribution in [2.45, 2.75) is 18.3 Å². The predicted octanol–water partition coefficient (Wildman–Crippen LogP) is 2.36. The van der Waals surface area contributed by atoms with Crippen molar-refractivity contribution in [3.05, 3.63) is 29.8 Å². The molecule has 0 spiro atoms. The van der Waals surface area contributed by atoms with Crippen LogP contribution in [-0.2, 0) is 16.2 Å². The van der Waals surface area contributed by atoms with Gasteiger partial charge in [-0.2, -0.15) is 18.4 Å². The van der Waals surface area contributed by atoms with Gasteiger partial charge in [0.05, 0.1) is 11.6 Å². The molecule has 4 nitrogen and oxygen atoms in total. The molecule has 18 heavy (non-hydrogen) atoms. The smallest absolute Gasteiger partial charge is 0.282 e. The normalized spacial score (nSPS) is 13.7. The second kappa shape index (κ2) is 4.86. The molecule has 1 aromatic rings. The fraction of sp³-hybridized carbons (Fsp3) is 0.300. The van der Waals surface area contributed by atoms with Gasteiger partial charge in [0, 0.05) is 5.69 Å². The van der Waals surface area contributed by atoms with Gasteiger partial charge in [-0.3, -0.25) is 4.72 Å². The Morgan fingerprint density at radius 2 is 2.00 bits per heavy atom. The highest BCUT2D eigenvalue weighted by Gasteiger charge is 2.31. The van der Waals surface area contributed by atoms with Crippen molar-refractivity contribution >= 4 is 15.7 Å². The molecule has 0 bridgehead atoms. The third-order valence-electron chi connectivity index (χ3n) is 2.10. The molecule has 1 unspecified atom stereocenters. The summed E-state index contributed by atoms with van der Waals surface area (Å²) in [6, 6.07) is 5.25. The molecular formula is C10H9F3N2O2S. The highest BCUT2D eigenvalue weighted by atomic mass is 32.2. The first-order valence-corrected chi connectivity index (χ1v) is 6.30. The summed E-state index contributed by atoms with van der Waals surface area (Å²) in [5.74, 6) is 0. The zero-order chi connectivity index (χ0) is 14.0. The molecule has 0 amide bonds. The Morgan fingerprint density at radius 1 is 1.39 bits per heavy atom. The summed E-state index contributed by atoms with van der Waals surface area (Å²) in [4.78, 5) is 0. The average molecular weight is 278 g/mol. The van der Waals surface area contributed by atoms with E-state index in [0.29, 0.717) is 6.07 Å². The van der Waals surface area contributed by atoms with E-state index in [2.05, 4.69) is 0 Å². The maximum Gasteiger partial charge on any atom is 0.416 e. The van der Waals surface area contributed by atoms with Gasteiger partial charge in [0.1, 0.15) is 0 Å². The molecule has 0 saturated carbocycles. The van der Waals surface area contributed by atoms with Crippen molar-refractivity contribution in [2.24, 2.45) is 0 Å². The summed E-state index contributed by atoms with van der Waals surface area (Å²) in [5, 5.41) is 7.13. The quantitative estimate of drug-likeness (QED) is 0.922. The maximum atomic E-state index is 12.4. The van der Waals surface area contributed by atoms with E-state index in [0.717, 1.165) is 19.1 Å². The van der Waals surface area contributed by atoms with E-state index in [9.17, 15) is 21.6 Å². The van der Waals surface area contributed by atoms with Crippen LogP contribution in [-0.4, -0.2) is 13.7 Å². The standard InChI is InChI=1S/C10H9F3N2O2S/c1-7(6-14)18(16,17)15-9-4-2-3-8(5-9)10(11,12)13/h2-5,7,15H,1H3. The van der Waals surface area contributed by atoms with Gasteiger partial charge < -0.3 is 0 Å². The lowest BCUT2D eigenvalue weighted by Gasteiger charge is -2.11. The first-order chi connectivity index (χ1) is 8.16. The fourth-order valence-corrected chi connectivity index (χ4v) is 1.85. The summed E-state index contributed by atoms with van der Waals surface area (Å²) in [5.41, 5.74) is -1.20. The molecule has 0 aliphatic carbocycles. The van der Waals surface area contributed by atoms with Crippen molar-refractivity contribution in [2.75, 3.05) is 4.72 Å². The number of alkyl halides is 3. The highest BCUT2D eigenvalue weighted by Crippen LogP contribution is 2.30. The van der Waals surface area contributed by atoms with Crippen molar-refractivity contribution in [1.82, 2.24) is 0 Å². The molecule has 0 radical (unpaired) electrons. The number of rotatable bonds is 3. The number of hydrogen-bond donors (Lipinski definition) is 1. The Morgan fingerprint density at radius 3 is 2.50 bits per heavy atom. The van der Waals surface area contributed by atoms with Gasteiger partial charge in [-0.05, 0) is 25.1 Å². The summed E-state index contributed by atoms with van der Waals surface area (Å²) < 4.78 is 62.1. The lowest BCUT2D eigenvalue weighted by Crippen LogP contribution is -2.24. The SMILES string of the molecule is CC(C#N)S(=O)(=O)Nc1cccc(C(F)(F)F)c1. The monoisotopic (exact) mass is 278 g/mol. The van der Waals surface area contributed by atoms with Crippen LogP contribution in [0.15, 0.2) is 24.3 Å². The van der Waals surface area contributed by atoms with Crippen molar-refractivity contribution in [3.63, 3.8) is 0 Å². The van der Waals surface area contributed by atoms with E-state index >= 15 is 0 Å². The number of sulfonamides is 1. The van der Waals surface area contributed by atoms with E-state index in [1.54, 1.807) is 0 Å². The van der Waals surface area contributed by atoms with E-state index in [1.807, 2.05) is 4.72 Å². The van der Waals surface area contributed by atoms with E-state index in [-0.39, 0.29) is 5.69 Å². The molecule has 1 N–H and O–H groups in total. The van der Waals surface area contributed by atoms with Crippen LogP contribution in [0.1, 0.15) is 12.5 Å². The van der Waals surface area contributed by atoms with E-state index < -0.39 is 27.0 Å². The van der Waals surface area contributed by atoms with Gasteiger partial charge in [0.2, 0.25) is 10.0 Å². The first kappa shape index (κ1) is 14.3. The fourth-order valence-electron chi connectivity index (χ4n) is 1.08. The van der Waals surface area contributed by atoms with Crippen LogP contribution in [0.5, 0.6) is 0 Å². The molecule has 1 aromatic carbocycles. The summed E-state index contributed by atoms with van der Waals surface area (Å²) in [7, 11) is -4.00. The Balaban J connectivity index is 3.05. The molecule has 8 heteroatoms. The molecule has 1 atom stereocenters. The van der Waals surface area contributed by atoms with Crippen LogP contribution in [0, 0.1) is 11.3 Å². The molecule has 98 valence electrons. The van der Waals surface area contributed by atoms with Crippen LogP contribution in [0.3, 0.4) is 0 Å². The summed E-state index contributed by atoms with van der Waals surface area (Å²) >= 11 is 0. The highest BCUT2D eigenvalue weighted by molar-refractivity contribution is 7.93. The van der Waals surface area contributed by atoms with Gasteiger partial charge >= 0.3 is 6.18 Å². The van der Waals surface area contributed by atoms with E-state index in [1.165, 1.54) is 12.1 Å². The van der Waals surface area contributed by atoms with Crippen LogP contribution in [0.4, 0.5) is 18.9 Å². The minimum absolute atomic E-state index is 0.230. The van der Waals surface area contributed by atoms with Crippen molar-refractivity contribution in [3.8, 4) is 6.07 Å². The topological polar surface area (TPSA) is 70.0 Å². The van der Waals surface area contributed by atoms with Crippen LogP contribution in [0.2, 0.25) is 0 Å². The number of hydrogen-bond acceptors (Lipinski definition) is 3. The Kier molecular flexibility index (Phi) is 3.86. The van der Waals surface area contributed by atoms with Gasteiger partial charge in [-0.1, -0.05) is 6.07 Å². The van der Waals surface area contributed by atoms with Gasteiger partial charge in [0.15, 0.2) is 5.25 Å². The minimum atomic E-state index is -4.55. The summed E-state index contributed by atoms with van der Waals surface area (Å²) in [6.07, 6.45) is -4.55. The Hall–Kier alpha value is -1.75. The second-order valence-electron chi connectivity index (χ2n) is 3.50. The molecule has 0 heterocycles. The molecule has 0 aromatic heterocycles. The van der Waals surface area contributed by atoms with Crippen molar-refractivity contribution in [1.29, 1.82) is 5.26 Å². The molecule has 1 rings (SSSR count). The Bertz CT molecular complexity index is 576. The molecule has 0 saturated heterocycles. The lowest BCUT2D eigenvalue weighted by atomic mass is 10.2. The number of halogens is 3. The van der Waals surface area contributed by atoms with Gasteiger partial charge in [-0.25, -0.2) is 8.42 Å². The number of nitrogens with zero attached hydrogens (tertiary/aromatic N) is 1. The zero-order valence-corrected chi connectivity index (χ0v) is 10.0. The molecular weight excluding hydrogens is 269 g/mol. The molecule has 0 aliphatic rings. The number of benzene rings is 1. The predicted molar refractivity (Wildman–Crippen MR) is 59.1 cm³/mol. The number of nitriles is 1. The molecule has 0 fully saturated rings. The third-order valence-corrected chi connectivity index (χ3v) is 3.65. The van der Waals surface area contributed by atoms with E-state index in [4.69, 9.17) is 5.26 Å². The second-order valence-corrected chi connectivity index (χ2v) is 5.50. The van der Waals surface area contributed by atoms with Gasteiger partial charge in [0.25, 0.3) is 0 Å². The average Bonchev–Trinajstić information content (AvgIpc) is 2.26. The van der Waals surface area contributed by atoms with Crippen LogP contribution in [0.25, 0.3) is 0 Å². The van der Waals surface area contributed by atoms with Gasteiger partial charge in [-0.15, -0.1) is 0 Å². The third kappa shape index (κ3) is 3.37.